The van der Waals surface area contributed by atoms with Crippen LogP contribution in [0.15, 0.2) is 22.7 Å². The zero-order valence-electron chi connectivity index (χ0n) is 10.2. The summed E-state index contributed by atoms with van der Waals surface area (Å²) in [5.74, 6) is 1.68. The lowest BCUT2D eigenvalue weighted by Crippen LogP contribution is -2.06. The van der Waals surface area contributed by atoms with Crippen LogP contribution in [0.4, 0.5) is 0 Å². The molecule has 5 heteroatoms. The van der Waals surface area contributed by atoms with Gasteiger partial charge in [-0.1, -0.05) is 6.07 Å². The maximum absolute atomic E-state index is 4.38. The Morgan fingerprint density at radius 3 is 2.65 bits per heavy atom. The summed E-state index contributed by atoms with van der Waals surface area (Å²) in [6, 6.07) is 6.24. The quantitative estimate of drug-likeness (QED) is 0.945. The van der Waals surface area contributed by atoms with E-state index in [2.05, 4.69) is 49.5 Å². The van der Waals surface area contributed by atoms with Gasteiger partial charge in [0.15, 0.2) is 0 Å². The van der Waals surface area contributed by atoms with E-state index in [-0.39, 0.29) is 0 Å². The van der Waals surface area contributed by atoms with Crippen LogP contribution in [0.25, 0.3) is 5.69 Å². The molecule has 1 aromatic heterocycles. The lowest BCUT2D eigenvalue weighted by molar-refractivity contribution is 0.807. The topological polar surface area (TPSA) is 42.7 Å². The molecule has 0 atom stereocenters. The summed E-state index contributed by atoms with van der Waals surface area (Å²) in [7, 11) is 1.94. The predicted molar refractivity (Wildman–Crippen MR) is 71.3 cm³/mol. The van der Waals surface area contributed by atoms with E-state index in [1.54, 1.807) is 0 Å². The molecule has 90 valence electrons. The first-order valence-corrected chi connectivity index (χ1v) is 6.25. The zero-order valence-corrected chi connectivity index (χ0v) is 11.7. The van der Waals surface area contributed by atoms with E-state index in [1.807, 2.05) is 25.6 Å². The Kier molecular flexibility index (Phi) is 3.59. The normalized spacial score (nSPS) is 10.8. The van der Waals surface area contributed by atoms with Crippen molar-refractivity contribution >= 4 is 15.9 Å². The minimum atomic E-state index is 0.786. The highest BCUT2D eigenvalue weighted by molar-refractivity contribution is 9.10. The van der Waals surface area contributed by atoms with Crippen LogP contribution in [-0.4, -0.2) is 21.8 Å². The molecule has 0 aliphatic rings. The standard InChI is InChI=1S/C12H15BrN4/c1-8-15-9(2)17(16-8)12-5-4-10(7-14-3)6-11(12)13/h4-6,14H,7H2,1-3H3. The number of halogens is 1. The summed E-state index contributed by atoms with van der Waals surface area (Å²) < 4.78 is 2.88. The van der Waals surface area contributed by atoms with Gasteiger partial charge in [0, 0.05) is 11.0 Å². The molecule has 1 heterocycles. The molecule has 0 fully saturated rings. The fraction of sp³-hybridized carbons (Fsp3) is 0.333. The molecule has 2 aromatic rings. The molecule has 1 aromatic carbocycles. The van der Waals surface area contributed by atoms with Crippen molar-refractivity contribution in [2.75, 3.05) is 7.05 Å². The van der Waals surface area contributed by atoms with Crippen LogP contribution in [0.5, 0.6) is 0 Å². The van der Waals surface area contributed by atoms with E-state index in [9.17, 15) is 0 Å². The Balaban J connectivity index is 2.43. The second kappa shape index (κ2) is 4.98. The SMILES string of the molecule is CNCc1ccc(-n2nc(C)nc2C)c(Br)c1. The molecule has 0 saturated carbocycles. The summed E-state index contributed by atoms with van der Waals surface area (Å²) in [6.45, 7) is 4.70. The lowest BCUT2D eigenvalue weighted by atomic mass is 10.2. The maximum atomic E-state index is 4.38. The molecule has 0 amide bonds. The van der Waals surface area contributed by atoms with Crippen molar-refractivity contribution in [3.05, 3.63) is 39.9 Å². The minimum Gasteiger partial charge on any atom is -0.316 e. The minimum absolute atomic E-state index is 0.786. The van der Waals surface area contributed by atoms with E-state index in [1.165, 1.54) is 5.56 Å². The van der Waals surface area contributed by atoms with Crippen molar-refractivity contribution in [3.63, 3.8) is 0 Å². The smallest absolute Gasteiger partial charge is 0.148 e. The number of aryl methyl sites for hydroxylation is 2. The summed E-state index contributed by atoms with van der Waals surface area (Å²) in [6.07, 6.45) is 0. The Morgan fingerprint density at radius 1 is 1.35 bits per heavy atom. The van der Waals surface area contributed by atoms with Gasteiger partial charge in [0.2, 0.25) is 0 Å². The summed E-state index contributed by atoms with van der Waals surface area (Å²) >= 11 is 3.58. The summed E-state index contributed by atoms with van der Waals surface area (Å²) in [4.78, 5) is 4.31. The molecular formula is C12H15BrN4. The number of benzene rings is 1. The Labute approximate surface area is 109 Å². The highest BCUT2D eigenvalue weighted by atomic mass is 79.9. The third kappa shape index (κ3) is 2.56. The molecule has 0 spiro atoms. The van der Waals surface area contributed by atoms with E-state index < -0.39 is 0 Å². The fourth-order valence-electron chi connectivity index (χ4n) is 1.79. The Bertz CT molecular complexity index is 533. The number of hydrogen-bond acceptors (Lipinski definition) is 3. The van der Waals surface area contributed by atoms with Gasteiger partial charge in [0.25, 0.3) is 0 Å². The van der Waals surface area contributed by atoms with Crippen molar-refractivity contribution in [2.24, 2.45) is 0 Å². The van der Waals surface area contributed by atoms with Crippen molar-refractivity contribution in [3.8, 4) is 5.69 Å². The summed E-state index contributed by atoms with van der Waals surface area (Å²) in [5.41, 5.74) is 2.25. The third-order valence-electron chi connectivity index (χ3n) is 2.50. The van der Waals surface area contributed by atoms with Gasteiger partial charge in [-0.25, -0.2) is 9.67 Å². The van der Waals surface area contributed by atoms with Crippen LogP contribution < -0.4 is 5.32 Å². The van der Waals surface area contributed by atoms with Crippen LogP contribution in [0.1, 0.15) is 17.2 Å². The largest absolute Gasteiger partial charge is 0.316 e. The van der Waals surface area contributed by atoms with E-state index in [0.29, 0.717) is 0 Å². The molecule has 0 radical (unpaired) electrons. The van der Waals surface area contributed by atoms with Gasteiger partial charge in [-0.3, -0.25) is 0 Å². The predicted octanol–water partition coefficient (Wildman–Crippen LogP) is 2.37. The van der Waals surface area contributed by atoms with E-state index >= 15 is 0 Å². The van der Waals surface area contributed by atoms with Gasteiger partial charge >= 0.3 is 0 Å². The first kappa shape index (κ1) is 12.3. The fourth-order valence-corrected chi connectivity index (χ4v) is 2.38. The molecule has 0 aliphatic heterocycles. The first-order chi connectivity index (χ1) is 8.11. The molecule has 4 nitrogen and oxygen atoms in total. The Morgan fingerprint density at radius 2 is 2.12 bits per heavy atom. The number of hydrogen-bond donors (Lipinski definition) is 1. The van der Waals surface area contributed by atoms with Crippen molar-refractivity contribution in [2.45, 2.75) is 20.4 Å². The molecule has 0 unspecified atom stereocenters. The molecular weight excluding hydrogens is 280 g/mol. The van der Waals surface area contributed by atoms with Crippen LogP contribution in [-0.2, 0) is 6.54 Å². The van der Waals surface area contributed by atoms with Gasteiger partial charge in [-0.15, -0.1) is 0 Å². The lowest BCUT2D eigenvalue weighted by Gasteiger charge is -2.08. The number of nitrogens with zero attached hydrogens (tertiary/aromatic N) is 3. The summed E-state index contributed by atoms with van der Waals surface area (Å²) in [5, 5.41) is 7.51. The van der Waals surface area contributed by atoms with E-state index in [0.717, 1.165) is 28.4 Å². The number of aromatic nitrogens is 3. The van der Waals surface area contributed by atoms with Gasteiger partial charge in [0.05, 0.1) is 5.69 Å². The third-order valence-corrected chi connectivity index (χ3v) is 3.13. The van der Waals surface area contributed by atoms with Crippen molar-refractivity contribution in [1.29, 1.82) is 0 Å². The molecule has 0 aliphatic carbocycles. The molecule has 0 saturated heterocycles. The highest BCUT2D eigenvalue weighted by Crippen LogP contribution is 2.23. The molecule has 17 heavy (non-hydrogen) atoms. The molecule has 0 bridgehead atoms. The number of rotatable bonds is 3. The Hall–Kier alpha value is -1.20. The van der Waals surface area contributed by atoms with Crippen LogP contribution in [0.2, 0.25) is 0 Å². The van der Waals surface area contributed by atoms with Crippen LogP contribution in [0, 0.1) is 13.8 Å². The second-order valence-electron chi connectivity index (χ2n) is 3.93. The van der Waals surface area contributed by atoms with Crippen LogP contribution in [0.3, 0.4) is 0 Å². The first-order valence-electron chi connectivity index (χ1n) is 5.45. The molecule has 1 N–H and O–H groups in total. The van der Waals surface area contributed by atoms with Gasteiger partial charge in [0.1, 0.15) is 11.6 Å². The highest BCUT2D eigenvalue weighted by Gasteiger charge is 2.08. The number of nitrogens with one attached hydrogen (secondary N) is 1. The average Bonchev–Trinajstić information content (AvgIpc) is 2.58. The van der Waals surface area contributed by atoms with Crippen molar-refractivity contribution in [1.82, 2.24) is 20.1 Å². The molecule has 2 rings (SSSR count). The van der Waals surface area contributed by atoms with Gasteiger partial charge in [-0.2, -0.15) is 5.10 Å². The van der Waals surface area contributed by atoms with Crippen molar-refractivity contribution < 1.29 is 0 Å². The van der Waals surface area contributed by atoms with Crippen LogP contribution >= 0.6 is 15.9 Å². The van der Waals surface area contributed by atoms with E-state index in [4.69, 9.17) is 0 Å². The zero-order chi connectivity index (χ0) is 12.4. The van der Waals surface area contributed by atoms with Gasteiger partial charge in [-0.05, 0) is 54.5 Å². The second-order valence-corrected chi connectivity index (χ2v) is 4.79. The average molecular weight is 295 g/mol. The monoisotopic (exact) mass is 294 g/mol. The van der Waals surface area contributed by atoms with Gasteiger partial charge < -0.3 is 5.32 Å². The maximum Gasteiger partial charge on any atom is 0.148 e.